The highest BCUT2D eigenvalue weighted by Crippen LogP contribution is 2.27. The van der Waals surface area contributed by atoms with E-state index in [0.717, 1.165) is 0 Å². The summed E-state index contributed by atoms with van der Waals surface area (Å²) in [5.74, 6) is 0. The Hall–Kier alpha value is -1.24. The lowest BCUT2D eigenvalue weighted by molar-refractivity contribution is 0.590. The Labute approximate surface area is 93.2 Å². The van der Waals surface area contributed by atoms with Gasteiger partial charge in [-0.1, -0.05) is 39.0 Å². The highest BCUT2D eigenvalue weighted by molar-refractivity contribution is 5.67. The zero-order valence-corrected chi connectivity index (χ0v) is 10.4. The summed E-state index contributed by atoms with van der Waals surface area (Å²) in [6.07, 6.45) is 4.21. The lowest BCUT2D eigenvalue weighted by atomic mass is 9.86. The van der Waals surface area contributed by atoms with Crippen molar-refractivity contribution in [3.63, 3.8) is 0 Å². The van der Waals surface area contributed by atoms with Gasteiger partial charge in [-0.2, -0.15) is 0 Å². The molecule has 0 fully saturated rings. The van der Waals surface area contributed by atoms with E-state index in [9.17, 15) is 0 Å². The second kappa shape index (κ2) is 4.52. The summed E-state index contributed by atoms with van der Waals surface area (Å²) in [5, 5.41) is 3.21. The van der Waals surface area contributed by atoms with Gasteiger partial charge < -0.3 is 5.32 Å². The molecule has 0 atom stereocenters. The van der Waals surface area contributed by atoms with Crippen molar-refractivity contribution < 1.29 is 0 Å². The predicted octanol–water partition coefficient (Wildman–Crippen LogP) is 4.06. The Morgan fingerprint density at radius 1 is 1.20 bits per heavy atom. The molecule has 0 saturated carbocycles. The van der Waals surface area contributed by atoms with E-state index in [1.807, 2.05) is 14.0 Å². The smallest absolute Gasteiger partial charge is 0.0411 e. The molecule has 15 heavy (non-hydrogen) atoms. The summed E-state index contributed by atoms with van der Waals surface area (Å²) in [4.78, 5) is 0. The van der Waals surface area contributed by atoms with Crippen molar-refractivity contribution in [3.8, 4) is 0 Å². The minimum Gasteiger partial charge on any atom is -0.388 e. The monoisotopic (exact) mass is 203 g/mol. The predicted molar refractivity (Wildman–Crippen MR) is 69.4 cm³/mol. The zero-order valence-electron chi connectivity index (χ0n) is 10.4. The highest BCUT2D eigenvalue weighted by atomic mass is 14.8. The first kappa shape index (κ1) is 11.8. The molecule has 0 aliphatic carbocycles. The molecule has 1 nitrogen and oxygen atoms in total. The van der Waals surface area contributed by atoms with Gasteiger partial charge in [0.2, 0.25) is 0 Å². The highest BCUT2D eigenvalue weighted by Gasteiger charge is 2.14. The second-order valence-corrected chi connectivity index (χ2v) is 4.80. The standard InChI is InChI=1S/C14H21N/c1-6-7-11-10-12(14(2,3)4)8-9-13(11)15-5/h6-10,15H,1-5H3. The van der Waals surface area contributed by atoms with Crippen molar-refractivity contribution in [1.29, 1.82) is 0 Å². The van der Waals surface area contributed by atoms with Crippen LogP contribution in [0.2, 0.25) is 0 Å². The summed E-state index contributed by atoms with van der Waals surface area (Å²) >= 11 is 0. The van der Waals surface area contributed by atoms with Gasteiger partial charge in [0.05, 0.1) is 0 Å². The second-order valence-electron chi connectivity index (χ2n) is 4.80. The van der Waals surface area contributed by atoms with Gasteiger partial charge in [0, 0.05) is 12.7 Å². The van der Waals surface area contributed by atoms with E-state index in [-0.39, 0.29) is 5.41 Å². The summed E-state index contributed by atoms with van der Waals surface area (Å²) in [6, 6.07) is 6.60. The van der Waals surface area contributed by atoms with Crippen LogP contribution in [-0.4, -0.2) is 7.05 Å². The molecule has 0 saturated heterocycles. The maximum Gasteiger partial charge on any atom is 0.0411 e. The molecule has 1 rings (SSSR count). The number of benzene rings is 1. The molecule has 0 aromatic heterocycles. The topological polar surface area (TPSA) is 12.0 Å². The molecule has 1 N–H and O–H groups in total. The molecule has 0 bridgehead atoms. The fraction of sp³-hybridized carbons (Fsp3) is 0.429. The molecule has 0 amide bonds. The zero-order chi connectivity index (χ0) is 11.5. The quantitative estimate of drug-likeness (QED) is 0.764. The number of anilines is 1. The number of hydrogen-bond donors (Lipinski definition) is 1. The first-order chi connectivity index (χ1) is 6.99. The average molecular weight is 203 g/mol. The van der Waals surface area contributed by atoms with Gasteiger partial charge in [0.1, 0.15) is 0 Å². The third-order valence-electron chi connectivity index (χ3n) is 2.53. The van der Waals surface area contributed by atoms with Gasteiger partial charge in [0.25, 0.3) is 0 Å². The van der Waals surface area contributed by atoms with Crippen LogP contribution >= 0.6 is 0 Å². The van der Waals surface area contributed by atoms with Crippen LogP contribution in [0.15, 0.2) is 24.3 Å². The minimum atomic E-state index is 0.211. The van der Waals surface area contributed by atoms with E-state index in [1.54, 1.807) is 0 Å². The van der Waals surface area contributed by atoms with E-state index in [1.165, 1.54) is 16.8 Å². The molecule has 0 aliphatic heterocycles. The Balaban J connectivity index is 3.22. The van der Waals surface area contributed by atoms with E-state index in [0.29, 0.717) is 0 Å². The molecule has 0 heterocycles. The normalized spacial score (nSPS) is 12.1. The third-order valence-corrected chi connectivity index (χ3v) is 2.53. The minimum absolute atomic E-state index is 0.211. The van der Waals surface area contributed by atoms with Crippen LogP contribution in [0.5, 0.6) is 0 Å². The van der Waals surface area contributed by atoms with Gasteiger partial charge >= 0.3 is 0 Å². The Morgan fingerprint density at radius 3 is 2.33 bits per heavy atom. The summed E-state index contributed by atoms with van der Waals surface area (Å²) in [7, 11) is 1.96. The van der Waals surface area contributed by atoms with E-state index >= 15 is 0 Å². The van der Waals surface area contributed by atoms with Gasteiger partial charge in [-0.15, -0.1) is 0 Å². The average Bonchev–Trinajstić information content (AvgIpc) is 2.17. The SMILES string of the molecule is CC=Cc1cc(C(C)(C)C)ccc1NC. The van der Waals surface area contributed by atoms with Crippen molar-refractivity contribution >= 4 is 11.8 Å². The van der Waals surface area contributed by atoms with E-state index in [2.05, 4.69) is 56.4 Å². The van der Waals surface area contributed by atoms with Crippen LogP contribution < -0.4 is 5.32 Å². The van der Waals surface area contributed by atoms with Crippen LogP contribution in [0.3, 0.4) is 0 Å². The van der Waals surface area contributed by atoms with Crippen molar-refractivity contribution in [2.24, 2.45) is 0 Å². The number of hydrogen-bond acceptors (Lipinski definition) is 1. The lowest BCUT2D eigenvalue weighted by Crippen LogP contribution is -2.11. The molecule has 0 spiro atoms. The van der Waals surface area contributed by atoms with E-state index in [4.69, 9.17) is 0 Å². The van der Waals surface area contributed by atoms with Crippen LogP contribution in [0.4, 0.5) is 5.69 Å². The number of nitrogens with one attached hydrogen (secondary N) is 1. The molecule has 0 radical (unpaired) electrons. The molecule has 0 aliphatic rings. The van der Waals surface area contributed by atoms with Crippen LogP contribution in [0, 0.1) is 0 Å². The number of allylic oxidation sites excluding steroid dienone is 1. The Morgan fingerprint density at radius 2 is 1.87 bits per heavy atom. The molecule has 1 aromatic carbocycles. The van der Waals surface area contributed by atoms with E-state index < -0.39 is 0 Å². The molecule has 1 aromatic rings. The molecule has 82 valence electrons. The maximum atomic E-state index is 3.21. The Bertz CT molecular complexity index is 356. The van der Waals surface area contributed by atoms with Gasteiger partial charge in [0.15, 0.2) is 0 Å². The molecule has 1 heteroatoms. The van der Waals surface area contributed by atoms with Gasteiger partial charge in [-0.3, -0.25) is 0 Å². The van der Waals surface area contributed by atoms with Crippen LogP contribution in [-0.2, 0) is 5.41 Å². The van der Waals surface area contributed by atoms with Crippen molar-refractivity contribution in [1.82, 2.24) is 0 Å². The molecular weight excluding hydrogens is 182 g/mol. The van der Waals surface area contributed by atoms with Crippen LogP contribution in [0.1, 0.15) is 38.8 Å². The maximum absolute atomic E-state index is 3.21. The van der Waals surface area contributed by atoms with Crippen molar-refractivity contribution in [2.45, 2.75) is 33.1 Å². The number of rotatable bonds is 2. The summed E-state index contributed by atoms with van der Waals surface area (Å²) in [5.41, 5.74) is 4.02. The largest absolute Gasteiger partial charge is 0.388 e. The summed E-state index contributed by atoms with van der Waals surface area (Å²) < 4.78 is 0. The van der Waals surface area contributed by atoms with Gasteiger partial charge in [-0.25, -0.2) is 0 Å². The molecular formula is C14H21N. The van der Waals surface area contributed by atoms with Crippen LogP contribution in [0.25, 0.3) is 6.08 Å². The van der Waals surface area contributed by atoms with Crippen molar-refractivity contribution in [3.05, 3.63) is 35.4 Å². The summed E-state index contributed by atoms with van der Waals surface area (Å²) in [6.45, 7) is 8.76. The Kier molecular flexibility index (Phi) is 3.57. The first-order valence-electron chi connectivity index (χ1n) is 5.44. The fourth-order valence-corrected chi connectivity index (χ4v) is 1.57. The molecule has 0 unspecified atom stereocenters. The van der Waals surface area contributed by atoms with Gasteiger partial charge in [-0.05, 0) is 35.6 Å². The van der Waals surface area contributed by atoms with Crippen molar-refractivity contribution in [2.75, 3.05) is 12.4 Å². The third kappa shape index (κ3) is 2.85. The lowest BCUT2D eigenvalue weighted by Gasteiger charge is -2.20. The fourth-order valence-electron chi connectivity index (χ4n) is 1.57. The first-order valence-corrected chi connectivity index (χ1v) is 5.44.